The lowest BCUT2D eigenvalue weighted by Gasteiger charge is -2.68. The number of anilines is 1. The van der Waals surface area contributed by atoms with E-state index in [0.29, 0.717) is 53.9 Å². The minimum absolute atomic E-state index is 0.251. The highest BCUT2D eigenvalue weighted by Crippen LogP contribution is 2.68. The molecule has 2 aromatic heterocycles. The highest BCUT2D eigenvalue weighted by molar-refractivity contribution is 7.85. The Kier molecular flexibility index (Phi) is 3.54. The van der Waals surface area contributed by atoms with Crippen LogP contribution in [0.25, 0.3) is 22.8 Å². The average Bonchev–Trinajstić information content (AvgIpc) is 3.33. The molecule has 0 amide bonds. The number of benzene rings is 1. The maximum atomic E-state index is 12.6. The van der Waals surface area contributed by atoms with E-state index in [1.54, 1.807) is 6.20 Å². The number of aryl methyl sites for hydroxylation is 1. The van der Waals surface area contributed by atoms with Gasteiger partial charge in [-0.2, -0.15) is 0 Å². The van der Waals surface area contributed by atoms with Gasteiger partial charge in [-0.15, -0.1) is 0 Å². The molecule has 2 N–H and O–H groups in total. The maximum Gasteiger partial charge on any atom is 0.309 e. The number of carbonyl (C=O) groups is 1. The molecule has 3 aliphatic carbocycles. The van der Waals surface area contributed by atoms with Crippen molar-refractivity contribution in [3.63, 3.8) is 0 Å². The second-order valence-electron chi connectivity index (χ2n) is 8.41. The number of aliphatic carboxylic acids is 1. The number of nitrogens with zero attached hydrogens (tertiary/aromatic N) is 3. The second-order valence-corrected chi connectivity index (χ2v) is 9.91. The van der Waals surface area contributed by atoms with Gasteiger partial charge in [0.05, 0.1) is 28.1 Å². The van der Waals surface area contributed by atoms with Crippen LogP contribution in [0.5, 0.6) is 0 Å². The van der Waals surface area contributed by atoms with Crippen molar-refractivity contribution in [2.75, 3.05) is 11.1 Å². The summed E-state index contributed by atoms with van der Waals surface area (Å²) in [6.45, 7) is 0. The third kappa shape index (κ3) is 2.48. The average molecular weight is 422 g/mol. The Morgan fingerprint density at radius 2 is 1.87 bits per heavy atom. The lowest BCUT2D eigenvalue weighted by molar-refractivity contribution is -0.186. The molecule has 4 aliphatic rings. The van der Waals surface area contributed by atoms with Crippen LogP contribution in [0, 0.1) is 5.41 Å². The van der Waals surface area contributed by atoms with Crippen molar-refractivity contribution in [2.45, 2.75) is 36.1 Å². The van der Waals surface area contributed by atoms with Crippen molar-refractivity contribution < 1.29 is 18.5 Å². The van der Waals surface area contributed by atoms with Crippen molar-refractivity contribution in [1.82, 2.24) is 15.0 Å². The zero-order valence-electron chi connectivity index (χ0n) is 15.9. The van der Waals surface area contributed by atoms with Crippen LogP contribution < -0.4 is 5.32 Å². The molecule has 1 atom stereocenters. The number of nitrogens with one attached hydrogen (secondary N) is 1. The quantitative estimate of drug-likeness (QED) is 0.644. The minimum atomic E-state index is -1.14. The summed E-state index contributed by atoms with van der Waals surface area (Å²) in [6.07, 6.45) is 5.53. The van der Waals surface area contributed by atoms with Crippen molar-refractivity contribution in [3.8, 4) is 22.8 Å². The Balaban J connectivity index is 1.34. The van der Waals surface area contributed by atoms with Gasteiger partial charge in [0.25, 0.3) is 0 Å². The van der Waals surface area contributed by atoms with Gasteiger partial charge in [-0.05, 0) is 31.4 Å². The lowest BCUT2D eigenvalue weighted by atomic mass is 9.39. The van der Waals surface area contributed by atoms with E-state index < -0.39 is 22.2 Å². The van der Waals surface area contributed by atoms with E-state index in [-0.39, 0.29) is 5.54 Å². The number of carboxylic acid groups (broad SMARTS) is 1. The van der Waals surface area contributed by atoms with Gasteiger partial charge < -0.3 is 14.8 Å². The first-order chi connectivity index (χ1) is 14.5. The van der Waals surface area contributed by atoms with E-state index in [0.717, 1.165) is 16.8 Å². The highest BCUT2D eigenvalue weighted by Gasteiger charge is 2.72. The van der Waals surface area contributed by atoms with Crippen LogP contribution in [0.2, 0.25) is 0 Å². The fourth-order valence-corrected chi connectivity index (χ4v) is 6.24. The molecule has 1 aromatic carbocycles. The van der Waals surface area contributed by atoms with Gasteiger partial charge in [0.1, 0.15) is 17.0 Å². The maximum absolute atomic E-state index is 12.6. The molecule has 0 radical (unpaired) electrons. The van der Waals surface area contributed by atoms with Gasteiger partial charge in [0, 0.05) is 28.8 Å². The molecular formula is C21H18N4O4S. The normalized spacial score (nSPS) is 28.3. The first-order valence-corrected chi connectivity index (χ1v) is 11.1. The van der Waals surface area contributed by atoms with E-state index in [9.17, 15) is 14.1 Å². The summed E-state index contributed by atoms with van der Waals surface area (Å²) >= 11 is 0. The molecule has 152 valence electrons. The minimum Gasteiger partial charge on any atom is -0.481 e. The number of oxazole rings is 1. The zero-order valence-corrected chi connectivity index (χ0v) is 16.7. The van der Waals surface area contributed by atoms with Crippen molar-refractivity contribution in [2.24, 2.45) is 5.41 Å². The van der Waals surface area contributed by atoms with Crippen LogP contribution >= 0.6 is 0 Å². The van der Waals surface area contributed by atoms with Crippen LogP contribution in [0.3, 0.4) is 0 Å². The van der Waals surface area contributed by atoms with Gasteiger partial charge in [0.2, 0.25) is 5.89 Å². The Morgan fingerprint density at radius 3 is 2.53 bits per heavy atom. The smallest absolute Gasteiger partial charge is 0.309 e. The van der Waals surface area contributed by atoms with Crippen LogP contribution in [0.15, 0.2) is 46.0 Å². The molecule has 0 unspecified atom stereocenters. The Morgan fingerprint density at radius 1 is 1.13 bits per heavy atom. The molecule has 0 saturated heterocycles. The number of fused-ring (bicyclic) bond motifs is 1. The molecule has 9 heteroatoms. The standard InChI is InChI=1S/C21H18N4O4S/c26-19(27)20-9-21(10-20,11-20)25-17-15-14(5-8-30(15)28)23-16(24-17)12-1-3-13(4-2-12)18-22-6-7-29-18/h1-4,6-7H,5,8-11H2,(H,26,27)(H,23,24,25)/t20?,21?,30-/m1/s1. The summed E-state index contributed by atoms with van der Waals surface area (Å²) in [5, 5.41) is 12.8. The van der Waals surface area contributed by atoms with Crippen molar-refractivity contribution >= 4 is 22.6 Å². The van der Waals surface area contributed by atoms with Crippen molar-refractivity contribution in [1.29, 1.82) is 0 Å². The van der Waals surface area contributed by atoms with E-state index in [1.807, 2.05) is 24.3 Å². The summed E-state index contributed by atoms with van der Waals surface area (Å²) in [4.78, 5) is 25.6. The predicted molar refractivity (Wildman–Crippen MR) is 108 cm³/mol. The van der Waals surface area contributed by atoms with E-state index in [1.165, 1.54) is 6.26 Å². The molecule has 7 rings (SSSR count). The third-order valence-corrected chi connectivity index (χ3v) is 7.84. The Bertz CT molecular complexity index is 1190. The fourth-order valence-electron chi connectivity index (χ4n) is 4.94. The summed E-state index contributed by atoms with van der Waals surface area (Å²) < 4.78 is 17.9. The fraction of sp³-hybridized carbons (Fsp3) is 0.333. The first kappa shape index (κ1) is 17.8. The van der Waals surface area contributed by atoms with Crippen LogP contribution in [0.4, 0.5) is 5.82 Å². The van der Waals surface area contributed by atoms with Gasteiger partial charge in [-0.1, -0.05) is 12.1 Å². The van der Waals surface area contributed by atoms with Crippen LogP contribution in [-0.4, -0.2) is 41.5 Å². The summed E-state index contributed by atoms with van der Waals surface area (Å²) in [6, 6.07) is 7.64. The van der Waals surface area contributed by atoms with Crippen LogP contribution in [-0.2, 0) is 22.0 Å². The van der Waals surface area contributed by atoms with Crippen molar-refractivity contribution in [3.05, 3.63) is 42.4 Å². The largest absolute Gasteiger partial charge is 0.481 e. The molecule has 3 fully saturated rings. The van der Waals surface area contributed by atoms with Gasteiger partial charge in [-0.25, -0.2) is 15.0 Å². The van der Waals surface area contributed by atoms with E-state index in [2.05, 4.69) is 15.3 Å². The number of rotatable bonds is 5. The van der Waals surface area contributed by atoms with Crippen LogP contribution in [0.1, 0.15) is 25.0 Å². The molecule has 3 aromatic rings. The van der Waals surface area contributed by atoms with E-state index in [4.69, 9.17) is 9.40 Å². The molecule has 3 heterocycles. The molecule has 0 spiro atoms. The Labute approximate surface area is 174 Å². The molecular weight excluding hydrogens is 404 g/mol. The molecule has 30 heavy (non-hydrogen) atoms. The second kappa shape index (κ2) is 5.98. The van der Waals surface area contributed by atoms with Gasteiger partial charge >= 0.3 is 5.97 Å². The predicted octanol–water partition coefficient (Wildman–Crippen LogP) is 2.88. The summed E-state index contributed by atoms with van der Waals surface area (Å²) in [5.41, 5.74) is 1.67. The number of hydrogen-bond donors (Lipinski definition) is 2. The highest BCUT2D eigenvalue weighted by atomic mass is 32.2. The van der Waals surface area contributed by atoms with E-state index >= 15 is 0 Å². The lowest BCUT2D eigenvalue weighted by Crippen LogP contribution is -2.73. The summed E-state index contributed by atoms with van der Waals surface area (Å²) in [7, 11) is -1.14. The Hall–Kier alpha value is -3.07. The molecule has 3 saturated carbocycles. The summed E-state index contributed by atoms with van der Waals surface area (Å²) in [5.74, 6) is 1.51. The SMILES string of the molecule is O=C(O)C12CC(Nc3nc(-c4ccc(-c5ncco5)cc4)nc4c3[S@](=O)CC4)(C1)C2. The topological polar surface area (TPSA) is 118 Å². The first-order valence-electron chi connectivity index (χ1n) is 9.78. The molecule has 2 bridgehead atoms. The molecule has 1 aliphatic heterocycles. The monoisotopic (exact) mass is 422 g/mol. The number of carboxylic acids is 1. The zero-order chi connectivity index (χ0) is 20.5. The third-order valence-electron chi connectivity index (χ3n) is 6.38. The molecule has 8 nitrogen and oxygen atoms in total. The number of aromatic nitrogens is 3. The number of hydrogen-bond acceptors (Lipinski definition) is 7. The van der Waals surface area contributed by atoms with Gasteiger partial charge in [-0.3, -0.25) is 9.00 Å². The van der Waals surface area contributed by atoms with Gasteiger partial charge in [0.15, 0.2) is 5.82 Å².